The number of hydrogen-bond acceptors (Lipinski definition) is 3. The molecule has 0 spiro atoms. The van der Waals surface area contributed by atoms with Crippen molar-refractivity contribution < 1.29 is 4.74 Å². The van der Waals surface area contributed by atoms with Crippen LogP contribution in [0.15, 0.2) is 18.2 Å². The Balaban J connectivity index is 2.10. The first kappa shape index (κ1) is 16.1. The Morgan fingerprint density at radius 2 is 1.90 bits per heavy atom. The number of likely N-dealkylation sites (tertiary alicyclic amines) is 1. The number of nitrogens with zero attached hydrogens (tertiary/aromatic N) is 1. The fourth-order valence-corrected chi connectivity index (χ4v) is 3.59. The van der Waals surface area contributed by atoms with Gasteiger partial charge < -0.3 is 10.5 Å². The van der Waals surface area contributed by atoms with Gasteiger partial charge >= 0.3 is 0 Å². The number of rotatable bonds is 5. The van der Waals surface area contributed by atoms with Crippen LogP contribution >= 0.6 is 23.2 Å². The summed E-state index contributed by atoms with van der Waals surface area (Å²) in [5.41, 5.74) is 6.94. The molecule has 2 rings (SSSR count). The molecule has 1 atom stereocenters. The van der Waals surface area contributed by atoms with Gasteiger partial charge in [-0.2, -0.15) is 0 Å². The highest BCUT2D eigenvalue weighted by molar-refractivity contribution is 6.36. The highest BCUT2D eigenvalue weighted by Crippen LogP contribution is 2.35. The van der Waals surface area contributed by atoms with Gasteiger partial charge in [0.1, 0.15) is 0 Å². The molecule has 1 aromatic carbocycles. The van der Waals surface area contributed by atoms with Crippen molar-refractivity contribution in [2.75, 3.05) is 33.4 Å². The molecule has 112 valence electrons. The van der Waals surface area contributed by atoms with E-state index in [1.165, 1.54) is 0 Å². The summed E-state index contributed by atoms with van der Waals surface area (Å²) in [6, 6.07) is 5.72. The average Bonchev–Trinajstić information content (AvgIpc) is 2.45. The molecule has 20 heavy (non-hydrogen) atoms. The predicted molar refractivity (Wildman–Crippen MR) is 84.4 cm³/mol. The van der Waals surface area contributed by atoms with Crippen LogP contribution in [0.2, 0.25) is 10.0 Å². The van der Waals surface area contributed by atoms with Crippen LogP contribution in [0, 0.1) is 5.92 Å². The smallest absolute Gasteiger partial charge is 0.0500 e. The van der Waals surface area contributed by atoms with Gasteiger partial charge in [0.2, 0.25) is 0 Å². The SMILES string of the molecule is COCC1CCN(C(CN)c2c(Cl)cccc2Cl)CC1. The molecule has 2 N–H and O–H groups in total. The lowest BCUT2D eigenvalue weighted by Crippen LogP contribution is -2.40. The van der Waals surface area contributed by atoms with Gasteiger partial charge in [0.25, 0.3) is 0 Å². The fourth-order valence-electron chi connectivity index (χ4n) is 2.95. The minimum Gasteiger partial charge on any atom is -0.384 e. The molecule has 1 fully saturated rings. The van der Waals surface area contributed by atoms with Crippen molar-refractivity contribution in [3.8, 4) is 0 Å². The Morgan fingerprint density at radius 1 is 1.30 bits per heavy atom. The van der Waals surface area contributed by atoms with Gasteiger partial charge in [-0.15, -0.1) is 0 Å². The van der Waals surface area contributed by atoms with Crippen molar-refractivity contribution in [1.82, 2.24) is 4.90 Å². The first-order chi connectivity index (χ1) is 9.67. The molecule has 3 nitrogen and oxygen atoms in total. The molecule has 0 saturated carbocycles. The molecule has 0 bridgehead atoms. The number of benzene rings is 1. The van der Waals surface area contributed by atoms with E-state index in [0.717, 1.165) is 38.1 Å². The van der Waals surface area contributed by atoms with Crippen molar-refractivity contribution in [2.45, 2.75) is 18.9 Å². The normalized spacial score (nSPS) is 19.2. The van der Waals surface area contributed by atoms with Gasteiger partial charge in [-0.25, -0.2) is 0 Å². The summed E-state index contributed by atoms with van der Waals surface area (Å²) in [7, 11) is 1.76. The molecule has 5 heteroatoms. The van der Waals surface area contributed by atoms with E-state index < -0.39 is 0 Å². The van der Waals surface area contributed by atoms with Crippen LogP contribution in [0.3, 0.4) is 0 Å². The van der Waals surface area contributed by atoms with Gasteiger partial charge in [0, 0.05) is 41.9 Å². The third kappa shape index (κ3) is 3.66. The van der Waals surface area contributed by atoms with E-state index in [0.29, 0.717) is 22.5 Å². The lowest BCUT2D eigenvalue weighted by Gasteiger charge is -2.37. The molecular formula is C15H22Cl2N2O. The molecular weight excluding hydrogens is 295 g/mol. The zero-order chi connectivity index (χ0) is 14.5. The van der Waals surface area contributed by atoms with Crippen LogP contribution in [0.1, 0.15) is 24.4 Å². The van der Waals surface area contributed by atoms with Crippen molar-refractivity contribution in [2.24, 2.45) is 11.7 Å². The van der Waals surface area contributed by atoms with E-state index in [-0.39, 0.29) is 6.04 Å². The number of halogens is 2. The van der Waals surface area contributed by atoms with Crippen LogP contribution in [0.4, 0.5) is 0 Å². The summed E-state index contributed by atoms with van der Waals surface area (Å²) < 4.78 is 5.24. The average molecular weight is 317 g/mol. The molecule has 1 aliphatic rings. The zero-order valence-electron chi connectivity index (χ0n) is 11.8. The van der Waals surface area contributed by atoms with Gasteiger partial charge in [0.15, 0.2) is 0 Å². The molecule has 1 heterocycles. The molecule has 0 aromatic heterocycles. The summed E-state index contributed by atoms with van der Waals surface area (Å²) in [5, 5.41) is 1.40. The zero-order valence-corrected chi connectivity index (χ0v) is 13.3. The van der Waals surface area contributed by atoms with Crippen molar-refractivity contribution in [3.63, 3.8) is 0 Å². The summed E-state index contributed by atoms with van der Waals surface area (Å²) >= 11 is 12.6. The van der Waals surface area contributed by atoms with Crippen LogP contribution in [-0.2, 0) is 4.74 Å². The van der Waals surface area contributed by atoms with Crippen LogP contribution < -0.4 is 5.73 Å². The molecule has 1 aromatic rings. The molecule has 1 saturated heterocycles. The van der Waals surface area contributed by atoms with E-state index in [4.69, 9.17) is 33.7 Å². The van der Waals surface area contributed by atoms with Gasteiger partial charge in [-0.1, -0.05) is 29.3 Å². The highest BCUT2D eigenvalue weighted by Gasteiger charge is 2.27. The maximum atomic E-state index is 6.31. The molecule has 1 unspecified atom stereocenters. The third-order valence-corrected chi connectivity index (χ3v) is 4.71. The molecule has 0 amide bonds. The third-order valence-electron chi connectivity index (χ3n) is 4.05. The topological polar surface area (TPSA) is 38.5 Å². The Morgan fingerprint density at radius 3 is 2.40 bits per heavy atom. The number of hydrogen-bond donors (Lipinski definition) is 1. The van der Waals surface area contributed by atoms with E-state index in [2.05, 4.69) is 4.90 Å². The minimum atomic E-state index is 0.0969. The Bertz CT molecular complexity index is 414. The summed E-state index contributed by atoms with van der Waals surface area (Å²) in [4.78, 5) is 2.39. The predicted octanol–water partition coefficient (Wildman–Crippen LogP) is 3.35. The molecule has 1 aliphatic heterocycles. The highest BCUT2D eigenvalue weighted by atomic mass is 35.5. The first-order valence-electron chi connectivity index (χ1n) is 7.04. The van der Waals surface area contributed by atoms with Crippen molar-refractivity contribution in [1.29, 1.82) is 0 Å². The van der Waals surface area contributed by atoms with E-state index >= 15 is 0 Å². The lowest BCUT2D eigenvalue weighted by atomic mass is 9.94. The molecule has 0 aliphatic carbocycles. The monoisotopic (exact) mass is 316 g/mol. The van der Waals surface area contributed by atoms with Gasteiger partial charge in [-0.3, -0.25) is 4.90 Å². The van der Waals surface area contributed by atoms with E-state index in [9.17, 15) is 0 Å². The fraction of sp³-hybridized carbons (Fsp3) is 0.600. The Kier molecular flexibility index (Phi) is 6.12. The van der Waals surface area contributed by atoms with Gasteiger partial charge in [-0.05, 0) is 44.0 Å². The van der Waals surface area contributed by atoms with Crippen molar-refractivity contribution in [3.05, 3.63) is 33.8 Å². The number of methoxy groups -OCH3 is 1. The first-order valence-corrected chi connectivity index (χ1v) is 7.80. The Labute approximate surface area is 131 Å². The quantitative estimate of drug-likeness (QED) is 0.905. The second-order valence-electron chi connectivity index (χ2n) is 5.32. The van der Waals surface area contributed by atoms with Gasteiger partial charge in [0.05, 0.1) is 0 Å². The Hall–Kier alpha value is -0.320. The number of ether oxygens (including phenoxy) is 1. The number of nitrogens with two attached hydrogens (primary N) is 1. The summed E-state index contributed by atoms with van der Waals surface area (Å²) in [5.74, 6) is 0.649. The minimum absolute atomic E-state index is 0.0969. The second kappa shape index (κ2) is 7.62. The lowest BCUT2D eigenvalue weighted by molar-refractivity contribution is 0.0811. The van der Waals surface area contributed by atoms with E-state index in [1.807, 2.05) is 18.2 Å². The summed E-state index contributed by atoms with van der Waals surface area (Å²) in [6.07, 6.45) is 2.26. The van der Waals surface area contributed by atoms with E-state index in [1.54, 1.807) is 7.11 Å². The van der Waals surface area contributed by atoms with Crippen LogP contribution in [0.25, 0.3) is 0 Å². The number of piperidine rings is 1. The maximum absolute atomic E-state index is 6.31. The van der Waals surface area contributed by atoms with Crippen molar-refractivity contribution >= 4 is 23.2 Å². The second-order valence-corrected chi connectivity index (χ2v) is 6.14. The summed E-state index contributed by atoms with van der Waals surface area (Å²) in [6.45, 7) is 3.39. The standard InChI is InChI=1S/C15H22Cl2N2O/c1-20-10-11-5-7-19(8-6-11)14(9-18)15-12(16)3-2-4-13(15)17/h2-4,11,14H,5-10,18H2,1H3. The maximum Gasteiger partial charge on any atom is 0.0500 e. The van der Waals surface area contributed by atoms with Crippen LogP contribution in [-0.4, -0.2) is 38.3 Å². The molecule has 0 radical (unpaired) electrons. The van der Waals surface area contributed by atoms with Crippen LogP contribution in [0.5, 0.6) is 0 Å². The largest absolute Gasteiger partial charge is 0.384 e.